The zero-order chi connectivity index (χ0) is 24.2. The van der Waals surface area contributed by atoms with Crippen molar-refractivity contribution in [1.29, 1.82) is 0 Å². The maximum absolute atomic E-state index is 16.3. The Morgan fingerprint density at radius 1 is 1.03 bits per heavy atom. The van der Waals surface area contributed by atoms with Crippen molar-refractivity contribution in [1.82, 2.24) is 5.32 Å². The Kier molecular flexibility index (Phi) is 7.20. The van der Waals surface area contributed by atoms with Crippen LogP contribution >= 0.6 is 0 Å². The van der Waals surface area contributed by atoms with Gasteiger partial charge in [0.25, 0.3) is 5.91 Å². The second-order valence-electron chi connectivity index (χ2n) is 8.22. The Morgan fingerprint density at radius 2 is 1.67 bits per heavy atom. The van der Waals surface area contributed by atoms with Gasteiger partial charge in [-0.15, -0.1) is 0 Å². The van der Waals surface area contributed by atoms with E-state index in [2.05, 4.69) is 5.32 Å². The summed E-state index contributed by atoms with van der Waals surface area (Å²) >= 11 is 0. The number of unbranched alkanes of at least 4 members (excludes halogenated alkanes) is 1. The second kappa shape index (κ2) is 9.73. The molecule has 1 N–H and O–H groups in total. The van der Waals surface area contributed by atoms with E-state index in [1.54, 1.807) is 31.2 Å². The van der Waals surface area contributed by atoms with Gasteiger partial charge in [-0.2, -0.15) is 8.78 Å². The second-order valence-corrected chi connectivity index (χ2v) is 8.22. The Bertz CT molecular complexity index is 1040. The third kappa shape index (κ3) is 4.63. The fourth-order valence-corrected chi connectivity index (χ4v) is 3.80. The molecule has 5 nitrogen and oxygen atoms in total. The minimum atomic E-state index is -3.62. The van der Waals surface area contributed by atoms with E-state index >= 15 is 8.78 Å². The third-order valence-corrected chi connectivity index (χ3v) is 5.80. The minimum Gasteiger partial charge on any atom is -0.494 e. The number of esters is 1. The van der Waals surface area contributed by atoms with Crippen LogP contribution in [0.4, 0.5) is 8.78 Å². The molecule has 0 aromatic heterocycles. The molecule has 176 valence electrons. The van der Waals surface area contributed by atoms with Gasteiger partial charge in [-0.3, -0.25) is 4.79 Å². The molecule has 1 aliphatic rings. The van der Waals surface area contributed by atoms with Gasteiger partial charge in [0.15, 0.2) is 0 Å². The van der Waals surface area contributed by atoms with E-state index in [1.165, 1.54) is 31.2 Å². The van der Waals surface area contributed by atoms with Gasteiger partial charge in [0.2, 0.25) is 0 Å². The highest BCUT2D eigenvalue weighted by Crippen LogP contribution is 2.50. The van der Waals surface area contributed by atoms with Crippen LogP contribution in [0.15, 0.2) is 54.1 Å². The lowest BCUT2D eigenvalue weighted by Crippen LogP contribution is -2.61. The Morgan fingerprint density at radius 3 is 2.24 bits per heavy atom. The fraction of sp³-hybridized carbons (Fsp3) is 0.385. The summed E-state index contributed by atoms with van der Waals surface area (Å²) in [4.78, 5) is 25.6. The van der Waals surface area contributed by atoms with Crippen LogP contribution in [0.1, 0.15) is 50.3 Å². The van der Waals surface area contributed by atoms with E-state index in [0.717, 1.165) is 18.4 Å². The third-order valence-electron chi connectivity index (χ3n) is 5.80. The molecule has 0 fully saturated rings. The summed E-state index contributed by atoms with van der Waals surface area (Å²) in [5.74, 6) is -5.04. The number of nitrogens with one attached hydrogen (secondary N) is 1. The lowest BCUT2D eigenvalue weighted by atomic mass is 9.74. The Labute approximate surface area is 192 Å². The van der Waals surface area contributed by atoms with Crippen molar-refractivity contribution in [2.45, 2.75) is 52.0 Å². The van der Waals surface area contributed by atoms with E-state index in [4.69, 9.17) is 9.47 Å². The molecule has 7 heteroatoms. The molecule has 0 saturated carbocycles. The number of amides is 1. The molecule has 0 radical (unpaired) electrons. The lowest BCUT2D eigenvalue weighted by Gasteiger charge is -2.43. The van der Waals surface area contributed by atoms with Crippen molar-refractivity contribution in [3.63, 3.8) is 0 Å². The van der Waals surface area contributed by atoms with E-state index in [9.17, 15) is 9.59 Å². The van der Waals surface area contributed by atoms with Gasteiger partial charge in [-0.25, -0.2) is 4.79 Å². The number of rotatable bonds is 8. The number of alkyl halides is 2. The van der Waals surface area contributed by atoms with Crippen molar-refractivity contribution in [2.24, 2.45) is 0 Å². The smallest absolute Gasteiger partial charge is 0.344 e. The predicted octanol–water partition coefficient (Wildman–Crippen LogP) is 5.17. The summed E-state index contributed by atoms with van der Waals surface area (Å²) < 4.78 is 43.1. The molecule has 3 rings (SSSR count). The number of carbonyl (C=O) groups excluding carboxylic acids is 2. The number of hydrogen-bond donors (Lipinski definition) is 1. The zero-order valence-electron chi connectivity index (χ0n) is 19.3. The highest BCUT2D eigenvalue weighted by atomic mass is 19.3. The number of hydrogen-bond acceptors (Lipinski definition) is 4. The molecule has 2 aromatic rings. The minimum absolute atomic E-state index is 0.0425. The number of carbonyl (C=O) groups is 2. The highest BCUT2D eigenvalue weighted by Gasteiger charge is 2.60. The van der Waals surface area contributed by atoms with Crippen molar-refractivity contribution in [2.75, 3.05) is 13.2 Å². The molecular formula is C26H29F2NO4. The van der Waals surface area contributed by atoms with Crippen LogP contribution in [0.2, 0.25) is 0 Å². The number of halogens is 2. The largest absolute Gasteiger partial charge is 0.494 e. The molecule has 0 aliphatic carbocycles. The standard InChI is InChI=1S/C26H29F2NO4/c1-5-7-16-33-20-14-12-19(13-15-20)25(4)26(27,28)22(18-10-8-17(3)9-11-18)21(23(30)29-25)24(31)32-6-2/h8-15H,5-7,16H2,1-4H3,(H,29,30). The molecule has 0 saturated heterocycles. The Balaban J connectivity index is 2.12. The molecule has 1 unspecified atom stereocenters. The summed E-state index contributed by atoms with van der Waals surface area (Å²) in [6.45, 7) is 7.17. The molecular weight excluding hydrogens is 428 g/mol. The van der Waals surface area contributed by atoms with E-state index in [0.29, 0.717) is 12.4 Å². The van der Waals surface area contributed by atoms with Gasteiger partial charge in [-0.05, 0) is 50.5 Å². The van der Waals surface area contributed by atoms with Gasteiger partial charge >= 0.3 is 11.9 Å². The SMILES string of the molecule is CCCCOc1ccc(C2(C)NC(=O)C(C(=O)OCC)=C(c3ccc(C)cc3)C2(F)F)cc1. The summed E-state index contributed by atoms with van der Waals surface area (Å²) in [5.41, 5.74) is -2.27. The van der Waals surface area contributed by atoms with Crippen LogP contribution in [-0.2, 0) is 19.9 Å². The van der Waals surface area contributed by atoms with E-state index < -0.39 is 34.5 Å². The molecule has 1 heterocycles. The number of ether oxygens (including phenoxy) is 2. The molecule has 1 aliphatic heterocycles. The highest BCUT2D eigenvalue weighted by molar-refractivity contribution is 6.24. The van der Waals surface area contributed by atoms with Crippen molar-refractivity contribution < 1.29 is 27.8 Å². The van der Waals surface area contributed by atoms with Crippen LogP contribution in [0.3, 0.4) is 0 Å². The average Bonchev–Trinajstić information content (AvgIpc) is 2.77. The summed E-state index contributed by atoms with van der Waals surface area (Å²) in [6, 6.07) is 12.5. The summed E-state index contributed by atoms with van der Waals surface area (Å²) in [7, 11) is 0. The van der Waals surface area contributed by atoms with Gasteiger partial charge in [0, 0.05) is 0 Å². The lowest BCUT2D eigenvalue weighted by molar-refractivity contribution is -0.143. The Hall–Kier alpha value is -3.22. The summed E-state index contributed by atoms with van der Waals surface area (Å²) in [6.07, 6.45) is 1.86. The van der Waals surface area contributed by atoms with Crippen molar-refractivity contribution in [3.05, 3.63) is 70.8 Å². The van der Waals surface area contributed by atoms with E-state index in [-0.39, 0.29) is 17.7 Å². The normalized spacial score (nSPS) is 19.8. The molecule has 1 atom stereocenters. The van der Waals surface area contributed by atoms with E-state index in [1.807, 2.05) is 13.8 Å². The quantitative estimate of drug-likeness (QED) is 0.337. The van der Waals surface area contributed by atoms with Gasteiger partial charge in [0.05, 0.1) is 18.8 Å². The maximum Gasteiger partial charge on any atom is 0.344 e. The monoisotopic (exact) mass is 457 g/mol. The first kappa shape index (κ1) is 24.4. The van der Waals surface area contributed by atoms with Crippen LogP contribution in [0.25, 0.3) is 5.57 Å². The van der Waals surface area contributed by atoms with Gasteiger partial charge in [-0.1, -0.05) is 55.3 Å². The molecule has 1 amide bonds. The fourth-order valence-electron chi connectivity index (χ4n) is 3.80. The first-order chi connectivity index (χ1) is 15.7. The topological polar surface area (TPSA) is 64.6 Å². The van der Waals surface area contributed by atoms with Crippen LogP contribution in [0.5, 0.6) is 5.75 Å². The maximum atomic E-state index is 16.3. The first-order valence-electron chi connectivity index (χ1n) is 11.1. The molecule has 33 heavy (non-hydrogen) atoms. The first-order valence-corrected chi connectivity index (χ1v) is 11.1. The predicted molar refractivity (Wildman–Crippen MR) is 122 cm³/mol. The van der Waals surface area contributed by atoms with Crippen LogP contribution < -0.4 is 10.1 Å². The van der Waals surface area contributed by atoms with Crippen molar-refractivity contribution in [3.8, 4) is 5.75 Å². The number of benzene rings is 2. The molecule has 0 spiro atoms. The zero-order valence-corrected chi connectivity index (χ0v) is 19.3. The molecule has 0 bridgehead atoms. The average molecular weight is 458 g/mol. The number of aryl methyl sites for hydroxylation is 1. The van der Waals surface area contributed by atoms with Crippen LogP contribution in [0, 0.1) is 6.92 Å². The molecule has 2 aromatic carbocycles. The van der Waals surface area contributed by atoms with Gasteiger partial charge in [0.1, 0.15) is 16.9 Å². The van der Waals surface area contributed by atoms with Crippen molar-refractivity contribution >= 4 is 17.4 Å². The van der Waals surface area contributed by atoms with Crippen LogP contribution in [-0.4, -0.2) is 31.0 Å². The van der Waals surface area contributed by atoms with Gasteiger partial charge < -0.3 is 14.8 Å². The summed E-state index contributed by atoms with van der Waals surface area (Å²) in [5, 5.41) is 2.38.